The summed E-state index contributed by atoms with van der Waals surface area (Å²) in [7, 11) is 0. The third-order valence-electron chi connectivity index (χ3n) is 3.55. The summed E-state index contributed by atoms with van der Waals surface area (Å²) < 4.78 is 0. The molecule has 0 saturated heterocycles. The normalized spacial score (nSPS) is 10.1. The summed E-state index contributed by atoms with van der Waals surface area (Å²) in [6, 6.07) is 8.06. The van der Waals surface area contributed by atoms with Crippen LogP contribution in [-0.4, -0.2) is 5.75 Å². The first-order chi connectivity index (χ1) is 10.2. The molecule has 0 fully saturated rings. The van der Waals surface area contributed by atoms with E-state index in [0.717, 1.165) is 10.6 Å². The molecule has 0 aromatic heterocycles. The molecule has 0 radical (unpaired) electrons. The summed E-state index contributed by atoms with van der Waals surface area (Å²) in [4.78, 5) is 1.02. The number of hydrogen-bond acceptors (Lipinski definition) is 2. The molecule has 0 nitrogen and oxygen atoms in total. The topological polar surface area (TPSA) is 0 Å². The Bertz CT molecular complexity index is 275. The van der Waals surface area contributed by atoms with Crippen LogP contribution in [0.1, 0.15) is 76.7 Å². The van der Waals surface area contributed by atoms with E-state index in [2.05, 4.69) is 39.1 Å². The smallest absolute Gasteiger partial charge is 0.00401 e. The maximum atomic E-state index is 4.20. The molecule has 0 saturated carbocycles. The standard InChI is InChI=1S/C12H26S.C7H8S/c1-2-3-4-5-6-7-8-9-10-11-12-13;1-6-2-4-7(8)5-3-6/h13H,2-12H2,1H3;2-5,8H,1H3. The van der Waals surface area contributed by atoms with Gasteiger partial charge >= 0.3 is 0 Å². The number of benzene rings is 1. The average Bonchev–Trinajstić information content (AvgIpc) is 2.49. The Morgan fingerprint density at radius 3 is 1.52 bits per heavy atom. The van der Waals surface area contributed by atoms with Crippen LogP contribution < -0.4 is 0 Å². The third kappa shape index (κ3) is 16.1. The fourth-order valence-electron chi connectivity index (χ4n) is 2.14. The van der Waals surface area contributed by atoms with Crippen molar-refractivity contribution in [2.45, 2.75) is 83.0 Å². The highest BCUT2D eigenvalue weighted by molar-refractivity contribution is 7.80. The van der Waals surface area contributed by atoms with Crippen molar-refractivity contribution in [3.05, 3.63) is 29.8 Å². The van der Waals surface area contributed by atoms with Gasteiger partial charge in [0.2, 0.25) is 0 Å². The van der Waals surface area contributed by atoms with Gasteiger partial charge in [-0.05, 0) is 31.2 Å². The maximum absolute atomic E-state index is 4.20. The molecule has 0 heterocycles. The van der Waals surface area contributed by atoms with Crippen LogP contribution in [0.5, 0.6) is 0 Å². The van der Waals surface area contributed by atoms with Crippen molar-refractivity contribution >= 4 is 25.3 Å². The van der Waals surface area contributed by atoms with E-state index in [9.17, 15) is 0 Å². The Balaban J connectivity index is 0.000000423. The Morgan fingerprint density at radius 2 is 1.14 bits per heavy atom. The second-order valence-corrected chi connectivity index (χ2v) is 6.70. The predicted molar refractivity (Wildman–Crippen MR) is 104 cm³/mol. The first kappa shape index (κ1) is 20.9. The van der Waals surface area contributed by atoms with Crippen molar-refractivity contribution in [1.82, 2.24) is 0 Å². The number of hydrogen-bond donors (Lipinski definition) is 2. The van der Waals surface area contributed by atoms with Crippen LogP contribution in [0.3, 0.4) is 0 Å². The van der Waals surface area contributed by atoms with Crippen molar-refractivity contribution in [3.63, 3.8) is 0 Å². The minimum Gasteiger partial charge on any atom is -0.179 e. The van der Waals surface area contributed by atoms with Gasteiger partial charge in [-0.2, -0.15) is 12.6 Å². The van der Waals surface area contributed by atoms with Gasteiger partial charge in [-0.3, -0.25) is 0 Å². The van der Waals surface area contributed by atoms with Gasteiger partial charge in [-0.15, -0.1) is 12.6 Å². The van der Waals surface area contributed by atoms with Gasteiger partial charge in [0.25, 0.3) is 0 Å². The van der Waals surface area contributed by atoms with Crippen LogP contribution in [-0.2, 0) is 0 Å². The Labute approximate surface area is 143 Å². The Morgan fingerprint density at radius 1 is 0.714 bits per heavy atom. The average molecular weight is 327 g/mol. The summed E-state index contributed by atoms with van der Waals surface area (Å²) in [6.07, 6.45) is 14.2. The van der Waals surface area contributed by atoms with Crippen LogP contribution >= 0.6 is 25.3 Å². The summed E-state index contributed by atoms with van der Waals surface area (Å²) in [5, 5.41) is 0. The molecule has 2 heteroatoms. The lowest BCUT2D eigenvalue weighted by Crippen LogP contribution is -1.81. The summed E-state index contributed by atoms with van der Waals surface area (Å²) in [6.45, 7) is 4.34. The highest BCUT2D eigenvalue weighted by Crippen LogP contribution is 2.10. The van der Waals surface area contributed by atoms with Gasteiger partial charge in [0.15, 0.2) is 0 Å². The quantitative estimate of drug-likeness (QED) is 0.332. The lowest BCUT2D eigenvalue weighted by Gasteiger charge is -2.00. The molecule has 0 amide bonds. The van der Waals surface area contributed by atoms with E-state index in [1.807, 2.05) is 24.3 Å². The van der Waals surface area contributed by atoms with E-state index >= 15 is 0 Å². The summed E-state index contributed by atoms with van der Waals surface area (Å²) >= 11 is 8.33. The number of unbranched alkanes of at least 4 members (excludes halogenated alkanes) is 9. The molecular weight excluding hydrogens is 292 g/mol. The molecule has 0 N–H and O–H groups in total. The Hall–Kier alpha value is -0.0800. The van der Waals surface area contributed by atoms with Gasteiger partial charge in [0, 0.05) is 4.90 Å². The zero-order valence-corrected chi connectivity index (χ0v) is 15.8. The van der Waals surface area contributed by atoms with Gasteiger partial charge in [-0.25, -0.2) is 0 Å². The largest absolute Gasteiger partial charge is 0.179 e. The second kappa shape index (κ2) is 16.3. The van der Waals surface area contributed by atoms with Crippen LogP contribution in [0, 0.1) is 6.92 Å². The fraction of sp³-hybridized carbons (Fsp3) is 0.684. The highest BCUT2D eigenvalue weighted by Gasteiger charge is 1.91. The van der Waals surface area contributed by atoms with E-state index in [0.29, 0.717) is 0 Å². The lowest BCUT2D eigenvalue weighted by atomic mass is 10.1. The van der Waals surface area contributed by atoms with Gasteiger partial charge in [0.05, 0.1) is 0 Å². The summed E-state index contributed by atoms with van der Waals surface area (Å²) in [5.74, 6) is 1.07. The minimum absolute atomic E-state index is 1.02. The maximum Gasteiger partial charge on any atom is 0.00401 e. The van der Waals surface area contributed by atoms with Gasteiger partial charge < -0.3 is 0 Å². The van der Waals surface area contributed by atoms with E-state index in [4.69, 9.17) is 0 Å². The molecule has 1 aromatic rings. The first-order valence-electron chi connectivity index (χ1n) is 8.57. The van der Waals surface area contributed by atoms with Crippen molar-refractivity contribution in [2.24, 2.45) is 0 Å². The highest BCUT2D eigenvalue weighted by atomic mass is 32.1. The zero-order chi connectivity index (χ0) is 15.8. The predicted octanol–water partition coefficient (Wildman–Crippen LogP) is 7.12. The lowest BCUT2D eigenvalue weighted by molar-refractivity contribution is 0.563. The molecule has 0 spiro atoms. The minimum atomic E-state index is 1.02. The number of aryl methyl sites for hydroxylation is 1. The van der Waals surface area contributed by atoms with Gasteiger partial charge in [0.1, 0.15) is 0 Å². The van der Waals surface area contributed by atoms with E-state index < -0.39 is 0 Å². The third-order valence-corrected chi connectivity index (χ3v) is 4.16. The van der Waals surface area contributed by atoms with Crippen LogP contribution in [0.25, 0.3) is 0 Å². The molecule has 0 aliphatic heterocycles. The van der Waals surface area contributed by atoms with E-state index in [1.54, 1.807) is 0 Å². The van der Waals surface area contributed by atoms with Crippen LogP contribution in [0.2, 0.25) is 0 Å². The van der Waals surface area contributed by atoms with E-state index in [-0.39, 0.29) is 0 Å². The molecule has 0 aliphatic rings. The monoisotopic (exact) mass is 326 g/mol. The molecule has 0 aliphatic carbocycles. The van der Waals surface area contributed by atoms with E-state index in [1.165, 1.54) is 69.8 Å². The molecular formula is C19H34S2. The Kier molecular flexibility index (Phi) is 16.2. The second-order valence-electron chi connectivity index (χ2n) is 5.74. The number of rotatable bonds is 10. The SMILES string of the molecule is CCCCCCCCCCCCS.Cc1ccc(S)cc1. The molecule has 0 atom stereocenters. The molecule has 1 aromatic carbocycles. The van der Waals surface area contributed by atoms with Crippen molar-refractivity contribution in [1.29, 1.82) is 0 Å². The molecule has 1 rings (SSSR count). The first-order valence-corrected chi connectivity index (χ1v) is 9.65. The number of thiol groups is 2. The summed E-state index contributed by atoms with van der Waals surface area (Å²) in [5.41, 5.74) is 1.28. The molecule has 122 valence electrons. The van der Waals surface area contributed by atoms with Crippen LogP contribution in [0.15, 0.2) is 29.2 Å². The molecule has 21 heavy (non-hydrogen) atoms. The molecule has 0 unspecified atom stereocenters. The fourth-order valence-corrected chi connectivity index (χ4v) is 2.52. The van der Waals surface area contributed by atoms with Crippen molar-refractivity contribution in [3.8, 4) is 0 Å². The zero-order valence-electron chi connectivity index (χ0n) is 14.0. The van der Waals surface area contributed by atoms with Crippen molar-refractivity contribution in [2.75, 3.05) is 5.75 Å². The molecule has 0 bridgehead atoms. The van der Waals surface area contributed by atoms with Crippen LogP contribution in [0.4, 0.5) is 0 Å². The van der Waals surface area contributed by atoms with Crippen molar-refractivity contribution < 1.29 is 0 Å². The van der Waals surface area contributed by atoms with Gasteiger partial charge in [-0.1, -0.05) is 82.4 Å².